The quantitative estimate of drug-likeness (QED) is 0.0277. The molecule has 0 spiro atoms. The Morgan fingerprint density at radius 2 is 1.19 bits per heavy atom. The summed E-state index contributed by atoms with van der Waals surface area (Å²) in [6, 6.07) is 48.2. The molecule has 0 aliphatic carbocycles. The van der Waals surface area contributed by atoms with Gasteiger partial charge in [0, 0.05) is 37.9 Å². The van der Waals surface area contributed by atoms with Crippen LogP contribution in [0.2, 0.25) is 0 Å². The Morgan fingerprint density at radius 1 is 0.642 bits per heavy atom. The molecule has 0 fully saturated rings. The van der Waals surface area contributed by atoms with Crippen LogP contribution in [0.1, 0.15) is 55.0 Å². The number of hydrogen-bond donors (Lipinski definition) is 5. The van der Waals surface area contributed by atoms with Gasteiger partial charge < -0.3 is 30.7 Å². The van der Waals surface area contributed by atoms with Crippen LogP contribution in [-0.2, 0) is 42.4 Å². The number of hydrazine groups is 1. The van der Waals surface area contributed by atoms with Crippen LogP contribution in [0.3, 0.4) is 0 Å². The van der Waals surface area contributed by atoms with Crippen LogP contribution in [0, 0.1) is 0 Å². The van der Waals surface area contributed by atoms with Crippen molar-refractivity contribution in [2.45, 2.75) is 63.6 Å². The molecule has 5 N–H and O–H groups in total. The van der Waals surface area contributed by atoms with Crippen molar-refractivity contribution in [3.8, 4) is 0 Å². The molecule has 0 saturated carbocycles. The molecule has 346 valence electrons. The van der Waals surface area contributed by atoms with Gasteiger partial charge in [0.1, 0.15) is 11.6 Å². The second kappa shape index (κ2) is 22.5. The van der Waals surface area contributed by atoms with Gasteiger partial charge in [0.15, 0.2) is 5.79 Å². The minimum atomic E-state index is -1.37. The molecule has 2 atom stereocenters. The summed E-state index contributed by atoms with van der Waals surface area (Å²) in [7, 11) is 1.54. The number of fused-ring (bicyclic) bond motifs is 2. The molecule has 67 heavy (non-hydrogen) atoms. The third-order valence-electron chi connectivity index (χ3n) is 11.8. The number of thiophene rings is 1. The summed E-state index contributed by atoms with van der Waals surface area (Å²) in [6.45, 7) is 6.05. The van der Waals surface area contributed by atoms with Gasteiger partial charge in [0.25, 0.3) is 0 Å². The fourth-order valence-electron chi connectivity index (χ4n) is 8.66. The summed E-state index contributed by atoms with van der Waals surface area (Å²) in [4.78, 5) is 56.5. The zero-order valence-electron chi connectivity index (χ0n) is 38.3. The van der Waals surface area contributed by atoms with E-state index in [1.54, 1.807) is 25.3 Å². The van der Waals surface area contributed by atoms with Crippen LogP contribution >= 0.6 is 11.3 Å². The lowest BCUT2D eigenvalue weighted by Crippen LogP contribution is -2.60. The second-order valence-corrected chi connectivity index (χ2v) is 17.3. The van der Waals surface area contributed by atoms with Crippen LogP contribution < -0.4 is 26.7 Å². The number of ether oxygens (including phenoxy) is 2. The maximum atomic E-state index is 14.8. The number of hydrogen-bond acceptors (Lipinski definition) is 8. The van der Waals surface area contributed by atoms with Crippen molar-refractivity contribution in [3.63, 3.8) is 0 Å². The van der Waals surface area contributed by atoms with Gasteiger partial charge in [-0.15, -0.1) is 11.3 Å². The Bertz CT molecular complexity index is 2640. The standard InChI is InChI=1S/C54H58N6O6S/c1-5-65-53(66-6-2,34-41-37-67-48-32-19-18-31-46(41)48)38(3)56-51(63)47(57-50(62)36-60(4)59-52(64)55-35-40-23-20-22-39-21-16-17-30-45(39)40)33-49(61)58-54(42-24-10-7-11-25-42,43-26-12-8-13-27-43)44-28-14-9-15-29-44/h7-32,37-38,47H,5-6,33-36H2,1-4H3,(H,56,63)(H,57,62)(H,58,61)(H2,55,59,64)/t38-,47-/m0/s1. The van der Waals surface area contributed by atoms with Gasteiger partial charge >= 0.3 is 6.03 Å². The number of benzene rings is 6. The maximum absolute atomic E-state index is 14.8. The molecule has 1 aromatic heterocycles. The van der Waals surface area contributed by atoms with Gasteiger partial charge in [-0.05, 0) is 76.2 Å². The molecule has 5 amide bonds. The van der Waals surface area contributed by atoms with Gasteiger partial charge in [-0.1, -0.05) is 152 Å². The van der Waals surface area contributed by atoms with Crippen molar-refractivity contribution in [1.29, 1.82) is 0 Å². The summed E-state index contributed by atoms with van der Waals surface area (Å²) in [5, 5.41) is 18.6. The van der Waals surface area contributed by atoms with Gasteiger partial charge in [-0.3, -0.25) is 19.8 Å². The van der Waals surface area contributed by atoms with Gasteiger partial charge in [0.2, 0.25) is 17.7 Å². The van der Waals surface area contributed by atoms with Crippen LogP contribution in [0.15, 0.2) is 163 Å². The number of amides is 5. The maximum Gasteiger partial charge on any atom is 0.329 e. The Balaban J connectivity index is 1.14. The molecule has 1 heterocycles. The Morgan fingerprint density at radius 3 is 1.81 bits per heavy atom. The highest BCUT2D eigenvalue weighted by molar-refractivity contribution is 7.17. The van der Waals surface area contributed by atoms with Crippen molar-refractivity contribution >= 4 is 55.9 Å². The van der Waals surface area contributed by atoms with Gasteiger partial charge in [0.05, 0.1) is 19.0 Å². The number of rotatable bonds is 21. The minimum Gasteiger partial charge on any atom is -0.348 e. The normalized spacial score (nSPS) is 12.6. The first-order valence-electron chi connectivity index (χ1n) is 22.6. The Hall–Kier alpha value is -6.90. The number of urea groups is 1. The average molecular weight is 919 g/mol. The topological polar surface area (TPSA) is 150 Å². The SMILES string of the molecule is CCOC(Cc1csc2ccccc12)(OCC)[C@H](C)NC(=O)[C@H](CC(=O)NC(c1ccccc1)(c1ccccc1)c1ccccc1)NC(=O)CN(C)NC(=O)NCc1cccc2ccccc12. The third-order valence-corrected chi connectivity index (χ3v) is 12.8. The molecule has 0 unspecified atom stereocenters. The molecule has 0 saturated heterocycles. The predicted molar refractivity (Wildman–Crippen MR) is 265 cm³/mol. The molecule has 0 radical (unpaired) electrons. The van der Waals surface area contributed by atoms with Crippen molar-refractivity contribution in [3.05, 3.63) is 191 Å². The lowest BCUT2D eigenvalue weighted by Gasteiger charge is -2.39. The van der Waals surface area contributed by atoms with E-state index in [1.807, 2.05) is 159 Å². The van der Waals surface area contributed by atoms with Crippen molar-refractivity contribution < 1.29 is 28.7 Å². The molecule has 0 aliphatic rings. The van der Waals surface area contributed by atoms with E-state index in [0.29, 0.717) is 19.6 Å². The van der Waals surface area contributed by atoms with Gasteiger partial charge in [-0.2, -0.15) is 0 Å². The fraction of sp³-hybridized carbons (Fsp3) is 0.259. The molecule has 12 nitrogen and oxygen atoms in total. The molecule has 7 aromatic rings. The first-order chi connectivity index (χ1) is 32.5. The summed E-state index contributed by atoms with van der Waals surface area (Å²) in [5.41, 5.74) is 5.84. The Kier molecular flexibility index (Phi) is 16.2. The molecule has 0 bridgehead atoms. The highest BCUT2D eigenvalue weighted by Crippen LogP contribution is 2.37. The van der Waals surface area contributed by atoms with E-state index in [0.717, 1.165) is 48.7 Å². The monoisotopic (exact) mass is 918 g/mol. The number of carbonyl (C=O) groups is 4. The van der Waals surface area contributed by atoms with Crippen molar-refractivity contribution in [1.82, 2.24) is 31.7 Å². The summed E-state index contributed by atoms with van der Waals surface area (Å²) < 4.78 is 13.9. The van der Waals surface area contributed by atoms with Gasteiger partial charge in [-0.25, -0.2) is 9.80 Å². The second-order valence-electron chi connectivity index (χ2n) is 16.4. The largest absolute Gasteiger partial charge is 0.348 e. The van der Waals surface area contributed by atoms with E-state index in [4.69, 9.17) is 9.47 Å². The minimum absolute atomic E-state index is 0.257. The smallest absolute Gasteiger partial charge is 0.329 e. The van der Waals surface area contributed by atoms with E-state index in [2.05, 4.69) is 44.2 Å². The first-order valence-corrected chi connectivity index (χ1v) is 23.5. The van der Waals surface area contributed by atoms with Crippen LogP contribution in [-0.4, -0.2) is 73.4 Å². The van der Waals surface area contributed by atoms with E-state index in [1.165, 1.54) is 5.01 Å². The fourth-order valence-corrected chi connectivity index (χ4v) is 9.62. The van der Waals surface area contributed by atoms with Crippen molar-refractivity contribution in [2.24, 2.45) is 0 Å². The van der Waals surface area contributed by atoms with E-state index < -0.39 is 53.6 Å². The predicted octanol–water partition coefficient (Wildman–Crippen LogP) is 8.20. The van der Waals surface area contributed by atoms with Crippen LogP contribution in [0.25, 0.3) is 20.9 Å². The van der Waals surface area contributed by atoms with Crippen LogP contribution in [0.4, 0.5) is 4.79 Å². The molecule has 13 heteroatoms. The summed E-state index contributed by atoms with van der Waals surface area (Å²) in [5.74, 6) is -3.03. The van der Waals surface area contributed by atoms with Crippen molar-refractivity contribution in [2.75, 3.05) is 26.8 Å². The molecule has 7 rings (SSSR count). The first kappa shape index (κ1) is 48.0. The molecule has 0 aliphatic heterocycles. The lowest BCUT2D eigenvalue weighted by molar-refractivity contribution is -0.246. The van der Waals surface area contributed by atoms with Crippen LogP contribution in [0.5, 0.6) is 0 Å². The number of nitrogens with one attached hydrogen (secondary N) is 5. The van der Waals surface area contributed by atoms with E-state index in [-0.39, 0.29) is 13.1 Å². The summed E-state index contributed by atoms with van der Waals surface area (Å²) in [6.07, 6.45) is -0.114. The molecular formula is C54H58N6O6S. The van der Waals surface area contributed by atoms with E-state index >= 15 is 0 Å². The molecular weight excluding hydrogens is 861 g/mol. The molecule has 6 aromatic carbocycles. The zero-order chi connectivity index (χ0) is 47.2. The highest BCUT2D eigenvalue weighted by Gasteiger charge is 2.42. The van der Waals surface area contributed by atoms with E-state index in [9.17, 15) is 19.2 Å². The zero-order valence-corrected chi connectivity index (χ0v) is 39.1. The lowest BCUT2D eigenvalue weighted by atomic mass is 9.77. The number of likely N-dealkylation sites (N-methyl/N-ethyl adjacent to an activating group) is 1. The highest BCUT2D eigenvalue weighted by atomic mass is 32.1. The third kappa shape index (κ3) is 11.6. The average Bonchev–Trinajstić information content (AvgIpc) is 3.75. The summed E-state index contributed by atoms with van der Waals surface area (Å²) >= 11 is 1.62. The number of nitrogens with zero attached hydrogens (tertiary/aromatic N) is 1. The Labute approximate surface area is 396 Å². The number of carbonyl (C=O) groups excluding carboxylic acids is 4.